The Balaban J connectivity index is 1.54. The molecule has 0 radical (unpaired) electrons. The summed E-state index contributed by atoms with van der Waals surface area (Å²) in [6.07, 6.45) is 15.3. The van der Waals surface area contributed by atoms with Gasteiger partial charge in [-0.3, -0.25) is 10.1 Å². The molecular formula is C41H63NO7Si2. The lowest BCUT2D eigenvalue weighted by atomic mass is 10.1. The van der Waals surface area contributed by atoms with E-state index < -0.39 is 27.5 Å². The minimum absolute atomic E-state index is 0.133. The van der Waals surface area contributed by atoms with Crippen molar-refractivity contribution in [2.75, 3.05) is 6.61 Å². The summed E-state index contributed by atoms with van der Waals surface area (Å²) in [5, 5.41) is 13.2. The van der Waals surface area contributed by atoms with Gasteiger partial charge in [-0.05, 0) is 113 Å². The van der Waals surface area contributed by atoms with Gasteiger partial charge in [0.1, 0.15) is 11.5 Å². The molecule has 8 nitrogen and oxygen atoms in total. The first-order valence-corrected chi connectivity index (χ1v) is 25.6. The second-order valence-electron chi connectivity index (χ2n) is 15.5. The molecule has 0 saturated carbocycles. The highest BCUT2D eigenvalue weighted by atomic mass is 28.4. The molecule has 0 N–H and O–H groups in total. The van der Waals surface area contributed by atoms with E-state index in [-0.39, 0.29) is 23.3 Å². The van der Waals surface area contributed by atoms with Gasteiger partial charge in [0.2, 0.25) is 0 Å². The van der Waals surface area contributed by atoms with Gasteiger partial charge < -0.3 is 18.3 Å². The van der Waals surface area contributed by atoms with Crippen LogP contribution in [0, 0.1) is 10.1 Å². The van der Waals surface area contributed by atoms with Crippen LogP contribution in [0.15, 0.2) is 54.6 Å². The van der Waals surface area contributed by atoms with E-state index in [2.05, 4.69) is 46.6 Å². The van der Waals surface area contributed by atoms with Gasteiger partial charge in [0.25, 0.3) is 0 Å². The number of carbonyl (C=O) groups excluding carboxylic acids is 1. The molecular weight excluding hydrogens is 675 g/mol. The van der Waals surface area contributed by atoms with E-state index in [0.29, 0.717) is 34.2 Å². The highest BCUT2D eigenvalue weighted by Crippen LogP contribution is 2.40. The minimum Gasteiger partial charge on any atom is -0.494 e. The van der Waals surface area contributed by atoms with Gasteiger partial charge in [0.15, 0.2) is 22.4 Å². The Kier molecular flexibility index (Phi) is 17.2. The van der Waals surface area contributed by atoms with Crippen molar-refractivity contribution in [2.45, 2.75) is 149 Å². The summed E-state index contributed by atoms with van der Waals surface area (Å²) in [6, 6.07) is 15.2. The maximum absolute atomic E-state index is 13.1. The number of nitrogens with zero attached hydrogens (tertiary/aromatic N) is 1. The molecule has 0 aliphatic heterocycles. The standard InChI is InChI=1S/C41H63NO7Si2/c1-9-10-11-12-13-14-15-16-17-18-31-46-35-27-25-34(26-28-35)41(43)48-38-24-20-23-37-36(38)29-30-39(40(37)42(44)45)47-32(2)21-19-22-33(3)51(7,8)49-50(4,5)6/h20,23-30,32-33H,9-19,21-22,31H2,1-8H3/t32?,33-/m1/s1. The second kappa shape index (κ2) is 20.7. The van der Waals surface area contributed by atoms with Crippen LogP contribution in [0.5, 0.6) is 17.2 Å². The smallest absolute Gasteiger partial charge is 0.343 e. The number of hydrogen-bond donors (Lipinski definition) is 0. The molecule has 3 aromatic rings. The van der Waals surface area contributed by atoms with Crippen LogP contribution in [-0.4, -0.2) is 40.2 Å². The molecule has 3 aromatic carbocycles. The Bertz CT molecular complexity index is 1520. The maximum atomic E-state index is 13.1. The van der Waals surface area contributed by atoms with Crippen molar-refractivity contribution in [3.63, 3.8) is 0 Å². The first-order chi connectivity index (χ1) is 24.2. The number of hydrogen-bond acceptors (Lipinski definition) is 7. The van der Waals surface area contributed by atoms with Crippen molar-refractivity contribution < 1.29 is 28.0 Å². The zero-order chi connectivity index (χ0) is 37.4. The van der Waals surface area contributed by atoms with Gasteiger partial charge in [-0.1, -0.05) is 84.1 Å². The summed E-state index contributed by atoms with van der Waals surface area (Å²) >= 11 is 0. The first-order valence-electron chi connectivity index (χ1n) is 19.2. The lowest BCUT2D eigenvalue weighted by Crippen LogP contribution is -2.45. The molecule has 51 heavy (non-hydrogen) atoms. The highest BCUT2D eigenvalue weighted by Gasteiger charge is 2.34. The molecule has 1 unspecified atom stereocenters. The van der Waals surface area contributed by atoms with E-state index in [1.807, 2.05) is 6.92 Å². The monoisotopic (exact) mass is 737 g/mol. The van der Waals surface area contributed by atoms with Crippen LogP contribution < -0.4 is 14.2 Å². The quantitative estimate of drug-likeness (QED) is 0.0225. The molecule has 2 atom stereocenters. The predicted octanol–water partition coefficient (Wildman–Crippen LogP) is 12.7. The van der Waals surface area contributed by atoms with Gasteiger partial charge in [-0.25, -0.2) is 4.79 Å². The number of fused-ring (bicyclic) bond motifs is 1. The largest absolute Gasteiger partial charge is 0.494 e. The van der Waals surface area contributed by atoms with Gasteiger partial charge in [0, 0.05) is 5.39 Å². The lowest BCUT2D eigenvalue weighted by Gasteiger charge is -2.36. The fourth-order valence-electron chi connectivity index (χ4n) is 6.52. The number of benzene rings is 3. The molecule has 0 aliphatic rings. The molecule has 0 spiro atoms. The maximum Gasteiger partial charge on any atom is 0.343 e. The third-order valence-corrected chi connectivity index (χ3v) is 16.7. The van der Waals surface area contributed by atoms with Crippen molar-refractivity contribution in [3.8, 4) is 17.2 Å². The van der Waals surface area contributed by atoms with Gasteiger partial charge >= 0.3 is 11.7 Å². The summed E-state index contributed by atoms with van der Waals surface area (Å²) in [5.74, 6) is 0.627. The summed E-state index contributed by atoms with van der Waals surface area (Å²) < 4.78 is 24.4. The van der Waals surface area contributed by atoms with E-state index in [1.54, 1.807) is 54.6 Å². The minimum atomic E-state index is -1.81. The van der Waals surface area contributed by atoms with Crippen LogP contribution >= 0.6 is 0 Å². The highest BCUT2D eigenvalue weighted by molar-refractivity contribution is 6.84. The molecule has 0 bridgehead atoms. The van der Waals surface area contributed by atoms with Crippen molar-refractivity contribution in [3.05, 3.63) is 70.3 Å². The molecule has 282 valence electrons. The number of nitro benzene ring substituents is 1. The second-order valence-corrected chi connectivity index (χ2v) is 24.8. The van der Waals surface area contributed by atoms with E-state index in [0.717, 1.165) is 32.1 Å². The van der Waals surface area contributed by atoms with Gasteiger partial charge in [-0.15, -0.1) is 0 Å². The Morgan fingerprint density at radius 3 is 1.98 bits per heavy atom. The molecule has 0 amide bonds. The number of rotatable bonds is 24. The SMILES string of the molecule is CCCCCCCCCCCCOc1ccc(C(=O)Oc2cccc3c([N+](=O)[O-])c(OC(C)CCC[C@@H](C)[Si](C)(C)O[Si](C)(C)C)ccc23)cc1. The summed E-state index contributed by atoms with van der Waals surface area (Å²) in [4.78, 5) is 25.0. The zero-order valence-electron chi connectivity index (χ0n) is 32.6. The number of unbranched alkanes of at least 4 members (excludes halogenated alkanes) is 9. The van der Waals surface area contributed by atoms with Crippen LogP contribution in [-0.2, 0) is 4.12 Å². The number of ether oxygens (including phenoxy) is 3. The van der Waals surface area contributed by atoms with Crippen LogP contribution in [0.2, 0.25) is 38.3 Å². The normalized spacial score (nSPS) is 13.2. The third kappa shape index (κ3) is 14.4. The molecule has 0 aliphatic carbocycles. The average molecular weight is 738 g/mol. The first kappa shape index (κ1) is 42.2. The molecule has 3 rings (SSSR count). The van der Waals surface area contributed by atoms with Gasteiger partial charge in [-0.2, -0.15) is 0 Å². The molecule has 0 aromatic heterocycles. The fraction of sp³-hybridized carbons (Fsp3) is 0.585. The predicted molar refractivity (Wildman–Crippen MR) is 215 cm³/mol. The number of carbonyl (C=O) groups is 1. The van der Waals surface area contributed by atoms with Gasteiger partial charge in [0.05, 0.1) is 28.6 Å². The van der Waals surface area contributed by atoms with Crippen LogP contribution in [0.25, 0.3) is 10.8 Å². The Labute approximate surface area is 309 Å². The summed E-state index contributed by atoms with van der Waals surface area (Å²) in [7, 11) is -3.42. The van der Waals surface area contributed by atoms with E-state index >= 15 is 0 Å². The van der Waals surface area contributed by atoms with E-state index in [4.69, 9.17) is 18.3 Å². The average Bonchev–Trinajstić information content (AvgIpc) is 3.06. The van der Waals surface area contributed by atoms with Crippen LogP contribution in [0.4, 0.5) is 5.69 Å². The number of nitro groups is 1. The lowest BCUT2D eigenvalue weighted by molar-refractivity contribution is -0.384. The van der Waals surface area contributed by atoms with E-state index in [9.17, 15) is 14.9 Å². The van der Waals surface area contributed by atoms with Crippen molar-refractivity contribution in [2.24, 2.45) is 0 Å². The Morgan fingerprint density at radius 1 is 0.745 bits per heavy atom. The molecule has 0 fully saturated rings. The summed E-state index contributed by atoms with van der Waals surface area (Å²) in [6.45, 7) is 18.4. The van der Waals surface area contributed by atoms with Crippen molar-refractivity contribution in [1.29, 1.82) is 0 Å². The summed E-state index contributed by atoms with van der Waals surface area (Å²) in [5.41, 5.74) is 0.735. The van der Waals surface area contributed by atoms with Crippen molar-refractivity contribution in [1.82, 2.24) is 0 Å². The van der Waals surface area contributed by atoms with Crippen LogP contribution in [0.1, 0.15) is 115 Å². The van der Waals surface area contributed by atoms with Crippen molar-refractivity contribution >= 4 is 39.1 Å². The van der Waals surface area contributed by atoms with E-state index in [1.165, 1.54) is 51.4 Å². The molecule has 0 saturated heterocycles. The number of esters is 1. The Morgan fingerprint density at radius 2 is 1.37 bits per heavy atom. The molecule has 10 heteroatoms. The van der Waals surface area contributed by atoms with Crippen LogP contribution in [0.3, 0.4) is 0 Å². The third-order valence-electron chi connectivity index (χ3n) is 9.53. The Hall–Kier alpha value is -3.22. The zero-order valence-corrected chi connectivity index (χ0v) is 34.6. The topological polar surface area (TPSA) is 97.1 Å². The fourth-order valence-corrected chi connectivity index (χ4v) is 14.5. The molecule has 0 heterocycles.